The second-order valence-corrected chi connectivity index (χ2v) is 7.31. The molecular formula is C21H24N4O2S. The highest BCUT2D eigenvalue weighted by molar-refractivity contribution is 7.99. The van der Waals surface area contributed by atoms with Crippen LogP contribution >= 0.6 is 11.8 Å². The van der Waals surface area contributed by atoms with Crippen molar-refractivity contribution in [1.29, 1.82) is 0 Å². The number of thioether (sulfide) groups is 1. The van der Waals surface area contributed by atoms with E-state index in [-0.39, 0.29) is 5.91 Å². The lowest BCUT2D eigenvalue weighted by Crippen LogP contribution is -2.31. The zero-order valence-electron chi connectivity index (χ0n) is 16.3. The van der Waals surface area contributed by atoms with E-state index in [1.165, 1.54) is 17.3 Å². The Morgan fingerprint density at radius 2 is 1.86 bits per heavy atom. The molecular weight excluding hydrogens is 372 g/mol. The van der Waals surface area contributed by atoms with Crippen molar-refractivity contribution in [2.75, 3.05) is 19.4 Å². The monoisotopic (exact) mass is 396 g/mol. The first kappa shape index (κ1) is 19.9. The van der Waals surface area contributed by atoms with Crippen molar-refractivity contribution in [3.05, 3.63) is 66.0 Å². The maximum absolute atomic E-state index is 12.7. The Kier molecular flexibility index (Phi) is 6.71. The largest absolute Gasteiger partial charge is 0.497 e. The van der Waals surface area contributed by atoms with Gasteiger partial charge in [0, 0.05) is 18.8 Å². The maximum Gasteiger partial charge on any atom is 0.233 e. The molecule has 0 atom stereocenters. The van der Waals surface area contributed by atoms with Gasteiger partial charge in [-0.15, -0.1) is 10.2 Å². The molecule has 0 aliphatic carbocycles. The van der Waals surface area contributed by atoms with Crippen LogP contribution in [0.1, 0.15) is 18.1 Å². The highest BCUT2D eigenvalue weighted by Gasteiger charge is 2.15. The Bertz CT molecular complexity index is 907. The predicted molar refractivity (Wildman–Crippen MR) is 111 cm³/mol. The molecule has 3 rings (SSSR count). The fraction of sp³-hybridized carbons (Fsp3) is 0.286. The van der Waals surface area contributed by atoms with E-state index in [9.17, 15) is 4.79 Å². The highest BCUT2D eigenvalue weighted by atomic mass is 32.2. The molecule has 0 saturated heterocycles. The Morgan fingerprint density at radius 1 is 1.14 bits per heavy atom. The SMILES string of the molecule is CCN(Cc1ccc(OC)cc1)C(=O)CSc1nncn1-c1ccc(C)cc1. The van der Waals surface area contributed by atoms with Gasteiger partial charge in [0.05, 0.1) is 12.9 Å². The third-order valence-corrected chi connectivity index (χ3v) is 5.35. The summed E-state index contributed by atoms with van der Waals surface area (Å²) in [6.07, 6.45) is 1.67. The zero-order chi connectivity index (χ0) is 19.9. The molecule has 3 aromatic rings. The minimum Gasteiger partial charge on any atom is -0.497 e. The average Bonchev–Trinajstić information content (AvgIpc) is 3.20. The number of carbonyl (C=O) groups excluding carboxylic acids is 1. The van der Waals surface area contributed by atoms with Crippen LogP contribution in [0, 0.1) is 6.92 Å². The fourth-order valence-corrected chi connectivity index (χ4v) is 3.58. The molecule has 1 aromatic heterocycles. The van der Waals surface area contributed by atoms with Crippen LogP contribution in [0.2, 0.25) is 0 Å². The molecule has 146 valence electrons. The third-order valence-electron chi connectivity index (χ3n) is 4.42. The Labute approximate surface area is 169 Å². The number of carbonyl (C=O) groups is 1. The summed E-state index contributed by atoms with van der Waals surface area (Å²) in [5.41, 5.74) is 3.25. The van der Waals surface area contributed by atoms with E-state index in [4.69, 9.17) is 4.74 Å². The van der Waals surface area contributed by atoms with Gasteiger partial charge in [0.25, 0.3) is 0 Å². The molecule has 0 N–H and O–H groups in total. The van der Waals surface area contributed by atoms with Crippen LogP contribution < -0.4 is 4.74 Å². The van der Waals surface area contributed by atoms with E-state index >= 15 is 0 Å². The van der Waals surface area contributed by atoms with Crippen molar-refractivity contribution in [1.82, 2.24) is 19.7 Å². The quantitative estimate of drug-likeness (QED) is 0.543. The van der Waals surface area contributed by atoms with Crippen LogP contribution in [-0.4, -0.2) is 45.0 Å². The topological polar surface area (TPSA) is 60.2 Å². The minimum atomic E-state index is 0.0711. The van der Waals surface area contributed by atoms with E-state index in [1.807, 2.05) is 71.8 Å². The van der Waals surface area contributed by atoms with Gasteiger partial charge in [-0.25, -0.2) is 0 Å². The van der Waals surface area contributed by atoms with E-state index in [2.05, 4.69) is 10.2 Å². The molecule has 0 unspecified atom stereocenters. The highest BCUT2D eigenvalue weighted by Crippen LogP contribution is 2.21. The van der Waals surface area contributed by atoms with Crippen molar-refractivity contribution in [3.63, 3.8) is 0 Å². The summed E-state index contributed by atoms with van der Waals surface area (Å²) in [6, 6.07) is 15.9. The summed E-state index contributed by atoms with van der Waals surface area (Å²) in [7, 11) is 1.64. The normalized spacial score (nSPS) is 10.7. The number of amides is 1. The Morgan fingerprint density at radius 3 is 2.50 bits per heavy atom. The molecule has 0 spiro atoms. The van der Waals surface area contributed by atoms with Crippen molar-refractivity contribution >= 4 is 17.7 Å². The van der Waals surface area contributed by atoms with Crippen LogP contribution in [0.15, 0.2) is 60.0 Å². The summed E-state index contributed by atoms with van der Waals surface area (Å²) in [5.74, 6) is 1.19. The van der Waals surface area contributed by atoms with Gasteiger partial charge in [0.1, 0.15) is 12.1 Å². The first-order valence-electron chi connectivity index (χ1n) is 9.11. The van der Waals surface area contributed by atoms with Gasteiger partial charge in [-0.2, -0.15) is 0 Å². The number of aromatic nitrogens is 3. The van der Waals surface area contributed by atoms with Gasteiger partial charge in [-0.1, -0.05) is 41.6 Å². The van der Waals surface area contributed by atoms with Gasteiger partial charge in [-0.3, -0.25) is 9.36 Å². The molecule has 0 fully saturated rings. The molecule has 2 aromatic carbocycles. The third kappa shape index (κ3) is 4.92. The van der Waals surface area contributed by atoms with Gasteiger partial charge in [0.15, 0.2) is 5.16 Å². The van der Waals surface area contributed by atoms with E-state index in [0.29, 0.717) is 24.0 Å². The van der Waals surface area contributed by atoms with E-state index < -0.39 is 0 Å². The standard InChI is InChI=1S/C21H24N4O2S/c1-4-24(13-17-7-11-19(27-3)12-8-17)20(26)14-28-21-23-22-15-25(21)18-9-5-16(2)6-10-18/h5-12,15H,4,13-14H2,1-3H3. The molecule has 1 amide bonds. The minimum absolute atomic E-state index is 0.0711. The summed E-state index contributed by atoms with van der Waals surface area (Å²) in [6.45, 7) is 5.26. The number of hydrogen-bond donors (Lipinski definition) is 0. The number of hydrogen-bond acceptors (Lipinski definition) is 5. The molecule has 1 heterocycles. The molecule has 0 aliphatic heterocycles. The van der Waals surface area contributed by atoms with Crippen molar-refractivity contribution in [2.45, 2.75) is 25.5 Å². The number of methoxy groups -OCH3 is 1. The smallest absolute Gasteiger partial charge is 0.233 e. The average molecular weight is 397 g/mol. The molecule has 0 bridgehead atoms. The van der Waals surface area contributed by atoms with Crippen LogP contribution in [0.5, 0.6) is 5.75 Å². The molecule has 0 radical (unpaired) electrons. The zero-order valence-corrected chi connectivity index (χ0v) is 17.1. The van der Waals surface area contributed by atoms with Crippen molar-refractivity contribution in [3.8, 4) is 11.4 Å². The summed E-state index contributed by atoms with van der Waals surface area (Å²) in [5, 5.41) is 8.88. The van der Waals surface area contributed by atoms with Crippen LogP contribution in [0.25, 0.3) is 5.69 Å². The van der Waals surface area contributed by atoms with Crippen LogP contribution in [-0.2, 0) is 11.3 Å². The molecule has 7 heteroatoms. The molecule has 28 heavy (non-hydrogen) atoms. The van der Waals surface area contributed by atoms with E-state index in [1.54, 1.807) is 13.4 Å². The van der Waals surface area contributed by atoms with Crippen LogP contribution in [0.4, 0.5) is 0 Å². The maximum atomic E-state index is 12.7. The van der Waals surface area contributed by atoms with E-state index in [0.717, 1.165) is 17.0 Å². The summed E-state index contributed by atoms with van der Waals surface area (Å²) < 4.78 is 7.08. The molecule has 0 saturated carbocycles. The number of benzene rings is 2. The summed E-state index contributed by atoms with van der Waals surface area (Å²) in [4.78, 5) is 14.5. The number of aryl methyl sites for hydroxylation is 1. The van der Waals surface area contributed by atoms with Gasteiger partial charge in [0.2, 0.25) is 5.91 Å². The second-order valence-electron chi connectivity index (χ2n) is 6.36. The van der Waals surface area contributed by atoms with Crippen molar-refractivity contribution in [2.24, 2.45) is 0 Å². The Hall–Kier alpha value is -2.80. The van der Waals surface area contributed by atoms with Gasteiger partial charge >= 0.3 is 0 Å². The molecule has 6 nitrogen and oxygen atoms in total. The summed E-state index contributed by atoms with van der Waals surface area (Å²) >= 11 is 1.40. The molecule has 0 aliphatic rings. The second kappa shape index (κ2) is 9.41. The lowest BCUT2D eigenvalue weighted by atomic mass is 10.2. The number of ether oxygens (including phenoxy) is 1. The predicted octanol–water partition coefficient (Wildman–Crippen LogP) is 3.73. The number of rotatable bonds is 8. The van der Waals surface area contributed by atoms with Gasteiger partial charge < -0.3 is 9.64 Å². The lowest BCUT2D eigenvalue weighted by molar-refractivity contribution is -0.128. The number of nitrogens with zero attached hydrogens (tertiary/aromatic N) is 4. The lowest BCUT2D eigenvalue weighted by Gasteiger charge is -2.21. The van der Waals surface area contributed by atoms with Gasteiger partial charge in [-0.05, 0) is 43.7 Å². The first-order chi connectivity index (χ1) is 13.6. The van der Waals surface area contributed by atoms with Crippen molar-refractivity contribution < 1.29 is 9.53 Å². The fourth-order valence-electron chi connectivity index (χ4n) is 2.75. The van der Waals surface area contributed by atoms with Crippen LogP contribution in [0.3, 0.4) is 0 Å². The Balaban J connectivity index is 1.62. The first-order valence-corrected chi connectivity index (χ1v) is 10.1.